The van der Waals surface area contributed by atoms with Crippen LogP contribution in [0.4, 0.5) is 5.69 Å². The van der Waals surface area contributed by atoms with Gasteiger partial charge in [-0.25, -0.2) is 9.97 Å². The molecule has 0 saturated carbocycles. The fourth-order valence-electron chi connectivity index (χ4n) is 3.30. The van der Waals surface area contributed by atoms with Gasteiger partial charge in [-0.2, -0.15) is 0 Å². The number of ether oxygens (including phenoxy) is 1. The highest BCUT2D eigenvalue weighted by molar-refractivity contribution is 7.98. The quantitative estimate of drug-likeness (QED) is 0.414. The summed E-state index contributed by atoms with van der Waals surface area (Å²) in [5, 5.41) is 3.60. The fraction of sp³-hybridized carbons (Fsp3) is 0.455. The first-order valence-corrected chi connectivity index (χ1v) is 10.8. The molecule has 0 aliphatic carbocycles. The number of hydrogen-bond donors (Lipinski definition) is 1. The van der Waals surface area contributed by atoms with Gasteiger partial charge in [0.25, 0.3) is 5.91 Å². The van der Waals surface area contributed by atoms with Gasteiger partial charge in [0.1, 0.15) is 0 Å². The lowest BCUT2D eigenvalue weighted by Crippen LogP contribution is -2.30. The van der Waals surface area contributed by atoms with E-state index >= 15 is 0 Å². The average Bonchev–Trinajstić information content (AvgIpc) is 2.63. The molecule has 1 aromatic carbocycles. The molecule has 2 rings (SSSR count). The van der Waals surface area contributed by atoms with Crippen LogP contribution in [0, 0.1) is 34.6 Å². The summed E-state index contributed by atoms with van der Waals surface area (Å²) in [6.45, 7) is 11.3. The third-order valence-electron chi connectivity index (χ3n) is 4.76. The summed E-state index contributed by atoms with van der Waals surface area (Å²) in [5.41, 5.74) is 6.54. The number of nitrogens with zero attached hydrogens (tertiary/aromatic N) is 2. The standard InChI is InChI=1S/C22H29N3O3S/c1-12-10-13(2)20(14(3)11-12)25-21(27)17(6)28-19(26)9-8-18-15(4)23-22(29-7)24-16(18)5/h10-11,17H,8-9H2,1-7H3,(H,25,27)/t17-/m0/s1. The van der Waals surface area contributed by atoms with E-state index in [4.69, 9.17) is 4.74 Å². The molecule has 0 bridgehead atoms. The Hall–Kier alpha value is -2.41. The fourth-order valence-corrected chi connectivity index (χ4v) is 3.76. The molecule has 0 aliphatic heterocycles. The summed E-state index contributed by atoms with van der Waals surface area (Å²) in [7, 11) is 0. The zero-order chi connectivity index (χ0) is 21.7. The summed E-state index contributed by atoms with van der Waals surface area (Å²) in [4.78, 5) is 33.6. The molecule has 1 heterocycles. The highest BCUT2D eigenvalue weighted by Gasteiger charge is 2.20. The molecule has 156 valence electrons. The Bertz CT molecular complexity index is 882. The van der Waals surface area contributed by atoms with Gasteiger partial charge in [0.15, 0.2) is 11.3 Å². The number of amides is 1. The van der Waals surface area contributed by atoms with Crippen LogP contribution in [0.25, 0.3) is 0 Å². The van der Waals surface area contributed by atoms with Crippen LogP contribution in [0.3, 0.4) is 0 Å². The van der Waals surface area contributed by atoms with Crippen LogP contribution in [0.5, 0.6) is 0 Å². The largest absolute Gasteiger partial charge is 0.453 e. The number of nitrogens with one attached hydrogen (secondary N) is 1. The van der Waals surface area contributed by atoms with Gasteiger partial charge in [0.2, 0.25) is 0 Å². The molecular formula is C22H29N3O3S. The Morgan fingerprint density at radius 1 is 1.07 bits per heavy atom. The Morgan fingerprint density at radius 2 is 1.62 bits per heavy atom. The van der Waals surface area contributed by atoms with Crippen LogP contribution < -0.4 is 5.32 Å². The van der Waals surface area contributed by atoms with Gasteiger partial charge >= 0.3 is 5.97 Å². The maximum Gasteiger partial charge on any atom is 0.306 e. The zero-order valence-corrected chi connectivity index (χ0v) is 19.0. The number of hydrogen-bond acceptors (Lipinski definition) is 6. The maximum absolute atomic E-state index is 12.5. The molecule has 2 aromatic rings. The molecule has 1 atom stereocenters. The second kappa shape index (κ2) is 9.87. The Kier molecular flexibility index (Phi) is 7.79. The van der Waals surface area contributed by atoms with Crippen molar-refractivity contribution in [1.29, 1.82) is 0 Å². The maximum atomic E-state index is 12.5. The average molecular weight is 416 g/mol. The lowest BCUT2D eigenvalue weighted by molar-refractivity contribution is -0.153. The van der Waals surface area contributed by atoms with Crippen molar-refractivity contribution in [2.45, 2.75) is 65.6 Å². The minimum Gasteiger partial charge on any atom is -0.453 e. The number of benzene rings is 1. The molecule has 0 aliphatic rings. The van der Waals surface area contributed by atoms with Crippen LogP contribution in [0.15, 0.2) is 17.3 Å². The number of carbonyl (C=O) groups is 2. The molecular weight excluding hydrogens is 386 g/mol. The van der Waals surface area contributed by atoms with Crippen LogP contribution in [0.2, 0.25) is 0 Å². The van der Waals surface area contributed by atoms with Gasteiger partial charge in [-0.05, 0) is 70.9 Å². The van der Waals surface area contributed by atoms with Crippen molar-refractivity contribution in [2.24, 2.45) is 0 Å². The smallest absolute Gasteiger partial charge is 0.306 e. The van der Waals surface area contributed by atoms with Gasteiger partial charge in [-0.1, -0.05) is 29.5 Å². The number of anilines is 1. The summed E-state index contributed by atoms with van der Waals surface area (Å²) in [6.07, 6.45) is 1.71. The Labute approximate surface area is 176 Å². The van der Waals surface area contributed by atoms with Crippen molar-refractivity contribution >= 4 is 29.3 Å². The van der Waals surface area contributed by atoms with E-state index in [9.17, 15) is 9.59 Å². The molecule has 6 nitrogen and oxygen atoms in total. The number of aryl methyl sites for hydroxylation is 5. The first-order chi connectivity index (χ1) is 13.6. The molecule has 29 heavy (non-hydrogen) atoms. The lowest BCUT2D eigenvalue weighted by atomic mass is 10.0. The van der Waals surface area contributed by atoms with Crippen molar-refractivity contribution in [2.75, 3.05) is 11.6 Å². The van der Waals surface area contributed by atoms with E-state index in [0.717, 1.165) is 44.5 Å². The summed E-state index contributed by atoms with van der Waals surface area (Å²) < 4.78 is 5.34. The SMILES string of the molecule is CSc1nc(C)c(CCC(=O)O[C@@H](C)C(=O)Nc2c(C)cc(C)cc2C)c(C)n1. The van der Waals surface area contributed by atoms with Crippen LogP contribution in [-0.4, -0.2) is 34.2 Å². The van der Waals surface area contributed by atoms with Gasteiger partial charge in [-0.3, -0.25) is 9.59 Å². The van der Waals surface area contributed by atoms with Crippen molar-refractivity contribution in [3.05, 3.63) is 45.8 Å². The van der Waals surface area contributed by atoms with E-state index in [2.05, 4.69) is 15.3 Å². The van der Waals surface area contributed by atoms with Crippen LogP contribution >= 0.6 is 11.8 Å². The van der Waals surface area contributed by atoms with Crippen LogP contribution in [-0.2, 0) is 20.7 Å². The first kappa shape index (κ1) is 22.9. The monoisotopic (exact) mass is 415 g/mol. The third kappa shape index (κ3) is 6.03. The van der Waals surface area contributed by atoms with Gasteiger partial charge in [0.05, 0.1) is 0 Å². The predicted octanol–water partition coefficient (Wildman–Crippen LogP) is 4.24. The Balaban J connectivity index is 1.95. The molecule has 1 N–H and O–H groups in total. The van der Waals surface area contributed by atoms with E-state index in [1.165, 1.54) is 11.8 Å². The minimum absolute atomic E-state index is 0.170. The second-order valence-electron chi connectivity index (χ2n) is 7.25. The topological polar surface area (TPSA) is 81.2 Å². The summed E-state index contributed by atoms with van der Waals surface area (Å²) >= 11 is 1.49. The summed E-state index contributed by atoms with van der Waals surface area (Å²) in [5.74, 6) is -0.758. The molecule has 1 amide bonds. The van der Waals surface area contributed by atoms with Crippen molar-refractivity contribution < 1.29 is 14.3 Å². The molecule has 0 fully saturated rings. The van der Waals surface area contributed by atoms with Crippen molar-refractivity contribution in [3.63, 3.8) is 0 Å². The van der Waals surface area contributed by atoms with E-state index in [1.807, 2.05) is 53.0 Å². The van der Waals surface area contributed by atoms with Crippen LogP contribution in [0.1, 0.15) is 47.0 Å². The number of carbonyl (C=O) groups excluding carboxylic acids is 2. The van der Waals surface area contributed by atoms with E-state index in [-0.39, 0.29) is 12.3 Å². The minimum atomic E-state index is -0.875. The van der Waals surface area contributed by atoms with E-state index in [1.54, 1.807) is 6.92 Å². The molecule has 7 heteroatoms. The molecule has 0 saturated heterocycles. The number of esters is 1. The van der Waals surface area contributed by atoms with Crippen molar-refractivity contribution in [3.8, 4) is 0 Å². The third-order valence-corrected chi connectivity index (χ3v) is 5.31. The predicted molar refractivity (Wildman–Crippen MR) is 116 cm³/mol. The normalized spacial score (nSPS) is 11.8. The Morgan fingerprint density at radius 3 is 2.14 bits per heavy atom. The zero-order valence-electron chi connectivity index (χ0n) is 18.2. The summed E-state index contributed by atoms with van der Waals surface area (Å²) in [6, 6.07) is 4.02. The van der Waals surface area contributed by atoms with E-state index < -0.39 is 12.1 Å². The van der Waals surface area contributed by atoms with Gasteiger partial charge in [-0.15, -0.1) is 0 Å². The van der Waals surface area contributed by atoms with E-state index in [0.29, 0.717) is 6.42 Å². The second-order valence-corrected chi connectivity index (χ2v) is 8.03. The highest BCUT2D eigenvalue weighted by Crippen LogP contribution is 2.22. The molecule has 0 unspecified atom stereocenters. The highest BCUT2D eigenvalue weighted by atomic mass is 32.2. The number of aromatic nitrogens is 2. The number of rotatable bonds is 7. The number of thioether (sulfide) groups is 1. The van der Waals surface area contributed by atoms with Gasteiger partial charge < -0.3 is 10.1 Å². The molecule has 0 spiro atoms. The first-order valence-electron chi connectivity index (χ1n) is 9.58. The van der Waals surface area contributed by atoms with Gasteiger partial charge in [0, 0.05) is 23.5 Å². The molecule has 1 aromatic heterocycles. The van der Waals surface area contributed by atoms with Crippen molar-refractivity contribution in [1.82, 2.24) is 9.97 Å². The lowest BCUT2D eigenvalue weighted by Gasteiger charge is -2.17. The molecule has 0 radical (unpaired) electrons.